The average molecular weight is 334 g/mol. The second kappa shape index (κ2) is 5.84. The maximum absolute atomic E-state index is 14.1. The Hall–Kier alpha value is -3.09. The van der Waals surface area contributed by atoms with Crippen molar-refractivity contribution < 1.29 is 27.1 Å². The number of hydrogen-bond donors (Lipinski definition) is 0. The summed E-state index contributed by atoms with van der Waals surface area (Å²) in [5, 5.41) is 0.113. The van der Waals surface area contributed by atoms with Gasteiger partial charge in [-0.15, -0.1) is 0 Å². The van der Waals surface area contributed by atoms with Crippen LogP contribution < -0.4 is 5.63 Å². The summed E-state index contributed by atoms with van der Waals surface area (Å²) in [6, 6.07) is 5.82. The summed E-state index contributed by atoms with van der Waals surface area (Å²) >= 11 is 0. The molecule has 3 rings (SSSR count). The van der Waals surface area contributed by atoms with E-state index in [1.54, 1.807) is 0 Å². The van der Waals surface area contributed by atoms with Crippen LogP contribution in [0.15, 0.2) is 45.6 Å². The van der Waals surface area contributed by atoms with Crippen molar-refractivity contribution in [1.82, 2.24) is 0 Å². The van der Waals surface area contributed by atoms with Crippen LogP contribution in [0.25, 0.3) is 22.1 Å². The molecule has 0 saturated carbocycles. The largest absolute Gasteiger partial charge is 0.465 e. The fraction of sp³-hybridized carbons (Fsp3) is 0.0588. The van der Waals surface area contributed by atoms with Crippen LogP contribution in [-0.2, 0) is 4.74 Å². The molecule has 0 aliphatic rings. The van der Waals surface area contributed by atoms with Crippen LogP contribution in [-0.4, -0.2) is 13.1 Å². The first kappa shape index (κ1) is 15.8. The van der Waals surface area contributed by atoms with Gasteiger partial charge in [0.2, 0.25) is 0 Å². The molecule has 3 aromatic rings. The zero-order valence-electron chi connectivity index (χ0n) is 12.2. The molecule has 1 aromatic heterocycles. The van der Waals surface area contributed by atoms with Crippen molar-refractivity contribution in [3.8, 4) is 11.1 Å². The van der Waals surface area contributed by atoms with Crippen LogP contribution in [0.1, 0.15) is 10.4 Å². The lowest BCUT2D eigenvalue weighted by Crippen LogP contribution is -2.04. The average Bonchev–Trinajstić information content (AvgIpc) is 2.52. The Morgan fingerprint density at radius 1 is 1.04 bits per heavy atom. The molecule has 0 fully saturated rings. The fourth-order valence-electron chi connectivity index (χ4n) is 2.41. The molecule has 0 bridgehead atoms. The van der Waals surface area contributed by atoms with Gasteiger partial charge in [0.05, 0.1) is 18.2 Å². The van der Waals surface area contributed by atoms with Gasteiger partial charge >= 0.3 is 11.6 Å². The topological polar surface area (TPSA) is 56.5 Å². The van der Waals surface area contributed by atoms with E-state index in [1.165, 1.54) is 25.3 Å². The summed E-state index contributed by atoms with van der Waals surface area (Å²) in [6.45, 7) is 0. The molecule has 0 aliphatic heterocycles. The van der Waals surface area contributed by atoms with Gasteiger partial charge in [-0.2, -0.15) is 0 Å². The maximum atomic E-state index is 14.1. The molecule has 0 spiro atoms. The molecule has 0 atom stereocenters. The third-order valence-electron chi connectivity index (χ3n) is 3.44. The van der Waals surface area contributed by atoms with Crippen LogP contribution in [0.4, 0.5) is 13.2 Å². The molecule has 0 radical (unpaired) electrons. The van der Waals surface area contributed by atoms with E-state index in [2.05, 4.69) is 4.74 Å². The van der Waals surface area contributed by atoms with Gasteiger partial charge in [0.15, 0.2) is 0 Å². The summed E-state index contributed by atoms with van der Waals surface area (Å²) in [5.41, 5.74) is -1.46. The Morgan fingerprint density at radius 3 is 2.33 bits per heavy atom. The SMILES string of the molecule is COC(=O)c1ccc2oc(=O)cc(-c3c(F)cc(F)cc3F)c2c1. The number of rotatable bonds is 2. The summed E-state index contributed by atoms with van der Waals surface area (Å²) in [7, 11) is 1.18. The quantitative estimate of drug-likeness (QED) is 0.530. The van der Waals surface area contributed by atoms with E-state index in [4.69, 9.17) is 4.42 Å². The smallest absolute Gasteiger partial charge is 0.337 e. The van der Waals surface area contributed by atoms with Gasteiger partial charge < -0.3 is 9.15 Å². The molecule has 4 nitrogen and oxygen atoms in total. The molecule has 122 valence electrons. The van der Waals surface area contributed by atoms with Crippen molar-refractivity contribution in [3.63, 3.8) is 0 Å². The number of benzene rings is 2. The van der Waals surface area contributed by atoms with E-state index in [0.29, 0.717) is 12.1 Å². The number of hydrogen-bond acceptors (Lipinski definition) is 4. The van der Waals surface area contributed by atoms with Crippen molar-refractivity contribution >= 4 is 16.9 Å². The number of carbonyl (C=O) groups is 1. The van der Waals surface area contributed by atoms with E-state index < -0.39 is 34.6 Å². The van der Waals surface area contributed by atoms with Gasteiger partial charge in [0.1, 0.15) is 23.0 Å². The summed E-state index contributed by atoms with van der Waals surface area (Å²) in [4.78, 5) is 23.3. The zero-order chi connectivity index (χ0) is 17.4. The minimum absolute atomic E-state index is 0.0216. The van der Waals surface area contributed by atoms with Crippen LogP contribution in [0.2, 0.25) is 0 Å². The second-order valence-corrected chi connectivity index (χ2v) is 4.93. The van der Waals surface area contributed by atoms with E-state index in [-0.39, 0.29) is 22.1 Å². The number of ether oxygens (including phenoxy) is 1. The molecule has 24 heavy (non-hydrogen) atoms. The number of methoxy groups -OCH3 is 1. The molecule has 0 amide bonds. The third kappa shape index (κ3) is 2.64. The van der Waals surface area contributed by atoms with E-state index >= 15 is 0 Å². The third-order valence-corrected chi connectivity index (χ3v) is 3.44. The minimum atomic E-state index is -1.18. The molecule has 2 aromatic carbocycles. The van der Waals surface area contributed by atoms with Crippen LogP contribution in [0.3, 0.4) is 0 Å². The lowest BCUT2D eigenvalue weighted by atomic mass is 9.99. The monoisotopic (exact) mass is 334 g/mol. The Balaban J connectivity index is 2.39. The Labute approximate surface area is 133 Å². The lowest BCUT2D eigenvalue weighted by molar-refractivity contribution is 0.0601. The molecule has 0 unspecified atom stereocenters. The first-order valence-corrected chi connectivity index (χ1v) is 6.72. The fourth-order valence-corrected chi connectivity index (χ4v) is 2.41. The predicted molar refractivity (Wildman–Crippen MR) is 79.1 cm³/mol. The zero-order valence-corrected chi connectivity index (χ0v) is 12.2. The standard InChI is InChI=1S/C17H9F3O4/c1-23-17(22)8-2-3-14-10(4-8)11(7-15(21)24-14)16-12(19)5-9(18)6-13(16)20/h2-7H,1H3. The maximum Gasteiger partial charge on any atom is 0.337 e. The van der Waals surface area contributed by atoms with Crippen LogP contribution in [0, 0.1) is 17.5 Å². The molecule has 7 heteroatoms. The number of halogens is 3. The van der Waals surface area contributed by atoms with Gasteiger partial charge in [-0.25, -0.2) is 22.8 Å². The van der Waals surface area contributed by atoms with Gasteiger partial charge in [-0.3, -0.25) is 0 Å². The highest BCUT2D eigenvalue weighted by Crippen LogP contribution is 2.32. The van der Waals surface area contributed by atoms with Crippen molar-refractivity contribution in [2.24, 2.45) is 0 Å². The van der Waals surface area contributed by atoms with Crippen molar-refractivity contribution in [2.75, 3.05) is 7.11 Å². The molecule has 0 saturated heterocycles. The minimum Gasteiger partial charge on any atom is -0.465 e. The first-order chi connectivity index (χ1) is 11.4. The number of fused-ring (bicyclic) bond motifs is 1. The molecular weight excluding hydrogens is 325 g/mol. The summed E-state index contributed by atoms with van der Waals surface area (Å²) in [5.74, 6) is -4.11. The van der Waals surface area contributed by atoms with E-state index in [1.807, 2.05) is 0 Å². The normalized spacial score (nSPS) is 10.8. The number of esters is 1. The first-order valence-electron chi connectivity index (χ1n) is 6.72. The molecule has 1 heterocycles. The summed E-state index contributed by atoms with van der Waals surface area (Å²) < 4.78 is 50.8. The summed E-state index contributed by atoms with van der Waals surface area (Å²) in [6.07, 6.45) is 0. The molecular formula is C17H9F3O4. The second-order valence-electron chi connectivity index (χ2n) is 4.93. The van der Waals surface area contributed by atoms with Gasteiger partial charge in [-0.05, 0) is 18.2 Å². The van der Waals surface area contributed by atoms with Crippen molar-refractivity contribution in [2.45, 2.75) is 0 Å². The van der Waals surface area contributed by atoms with Gasteiger partial charge in [0.25, 0.3) is 0 Å². The predicted octanol–water partition coefficient (Wildman–Crippen LogP) is 3.66. The Morgan fingerprint density at radius 2 is 1.71 bits per heavy atom. The Bertz CT molecular complexity index is 1000. The molecule has 0 N–H and O–H groups in total. The van der Waals surface area contributed by atoms with E-state index in [0.717, 1.165) is 6.07 Å². The van der Waals surface area contributed by atoms with Crippen molar-refractivity contribution in [3.05, 3.63) is 69.8 Å². The lowest BCUT2D eigenvalue weighted by Gasteiger charge is -2.09. The van der Waals surface area contributed by atoms with Gasteiger partial charge in [-0.1, -0.05) is 0 Å². The Kier molecular flexibility index (Phi) is 3.84. The highest BCUT2D eigenvalue weighted by atomic mass is 19.1. The number of carbonyl (C=O) groups excluding carboxylic acids is 1. The highest BCUT2D eigenvalue weighted by Gasteiger charge is 2.19. The van der Waals surface area contributed by atoms with E-state index in [9.17, 15) is 22.8 Å². The highest BCUT2D eigenvalue weighted by molar-refractivity contribution is 5.99. The van der Waals surface area contributed by atoms with Gasteiger partial charge in [0, 0.05) is 29.1 Å². The van der Waals surface area contributed by atoms with Crippen LogP contribution >= 0.6 is 0 Å². The van der Waals surface area contributed by atoms with Crippen LogP contribution in [0.5, 0.6) is 0 Å². The molecule has 0 aliphatic carbocycles. The van der Waals surface area contributed by atoms with Crippen molar-refractivity contribution in [1.29, 1.82) is 0 Å².